The number of carbonyl (C=O) groups excluding carboxylic acids is 2. The fourth-order valence-corrected chi connectivity index (χ4v) is 5.29. The highest BCUT2D eigenvalue weighted by atomic mass is 79.9. The van der Waals surface area contributed by atoms with Crippen LogP contribution in [0.1, 0.15) is 24.1 Å². The summed E-state index contributed by atoms with van der Waals surface area (Å²) in [5, 5.41) is 11.4. The highest BCUT2D eigenvalue weighted by Crippen LogP contribution is 2.44. The second-order valence-corrected chi connectivity index (χ2v) is 9.71. The van der Waals surface area contributed by atoms with E-state index >= 15 is 0 Å². The zero-order valence-corrected chi connectivity index (χ0v) is 20.8. The number of nitrogens with zero attached hydrogens (tertiary/aromatic N) is 2. The largest absolute Gasteiger partial charge is 0.507 e. The molecule has 1 atom stereocenters. The van der Waals surface area contributed by atoms with E-state index in [1.165, 1.54) is 40.5 Å². The normalized spacial score (nSPS) is 17.3. The average molecular weight is 553 g/mol. The summed E-state index contributed by atoms with van der Waals surface area (Å²) in [6.07, 6.45) is 0. The molecule has 5 rings (SSSR count). The second kappa shape index (κ2) is 9.24. The molecular formula is C26H18BrFN2O4S. The molecule has 0 bridgehead atoms. The first kappa shape index (κ1) is 23.2. The molecular weight excluding hydrogens is 535 g/mol. The summed E-state index contributed by atoms with van der Waals surface area (Å²) in [7, 11) is 0. The van der Waals surface area contributed by atoms with Crippen LogP contribution in [0.5, 0.6) is 5.75 Å². The molecule has 1 saturated heterocycles. The van der Waals surface area contributed by atoms with Gasteiger partial charge in [-0.1, -0.05) is 39.4 Å². The van der Waals surface area contributed by atoms with Gasteiger partial charge in [-0.15, -0.1) is 0 Å². The van der Waals surface area contributed by atoms with E-state index in [2.05, 4.69) is 20.9 Å². The van der Waals surface area contributed by atoms with E-state index in [0.29, 0.717) is 28.6 Å². The third kappa shape index (κ3) is 4.21. The molecule has 0 radical (unpaired) electrons. The summed E-state index contributed by atoms with van der Waals surface area (Å²) in [6, 6.07) is 16.7. The number of aliphatic hydroxyl groups is 1. The molecule has 0 spiro atoms. The lowest BCUT2D eigenvalue weighted by Gasteiger charge is -2.23. The number of rotatable bonds is 5. The zero-order chi connectivity index (χ0) is 24.7. The van der Waals surface area contributed by atoms with Gasteiger partial charge in [0.1, 0.15) is 17.3 Å². The monoisotopic (exact) mass is 552 g/mol. The van der Waals surface area contributed by atoms with Crippen molar-refractivity contribution in [3.05, 3.63) is 93.7 Å². The van der Waals surface area contributed by atoms with Crippen LogP contribution in [0, 0.1) is 5.82 Å². The van der Waals surface area contributed by atoms with Crippen molar-refractivity contribution in [2.75, 3.05) is 11.5 Å². The van der Waals surface area contributed by atoms with E-state index in [-0.39, 0.29) is 16.9 Å². The van der Waals surface area contributed by atoms with Gasteiger partial charge in [-0.3, -0.25) is 14.5 Å². The minimum atomic E-state index is -0.917. The Morgan fingerprint density at radius 2 is 1.83 bits per heavy atom. The molecule has 3 aromatic carbocycles. The molecule has 176 valence electrons. The number of carbonyl (C=O) groups is 2. The standard InChI is InChI=1S/C26H18BrFN2O4S/c1-2-34-18-11-12-19-20(13-18)35-26(29-19)30-22(14-3-7-16(27)8-4-14)21(24(32)25(30)33)23(31)15-5-9-17(28)10-6-15/h3-13,22,31H,2H2,1H3/b23-21+/t22-/m1/s1. The molecule has 2 heterocycles. The van der Waals surface area contributed by atoms with Crippen LogP contribution in [-0.4, -0.2) is 28.4 Å². The van der Waals surface area contributed by atoms with Crippen LogP contribution in [0.15, 0.2) is 76.8 Å². The van der Waals surface area contributed by atoms with E-state index in [1.807, 2.05) is 13.0 Å². The quantitative estimate of drug-likeness (QED) is 0.180. The number of ether oxygens (including phenoxy) is 1. The molecule has 1 amide bonds. The van der Waals surface area contributed by atoms with Crippen molar-refractivity contribution in [2.45, 2.75) is 13.0 Å². The van der Waals surface area contributed by atoms with Gasteiger partial charge in [0.2, 0.25) is 0 Å². The number of anilines is 1. The van der Waals surface area contributed by atoms with Crippen molar-refractivity contribution in [2.24, 2.45) is 0 Å². The highest BCUT2D eigenvalue weighted by molar-refractivity contribution is 9.10. The predicted molar refractivity (Wildman–Crippen MR) is 136 cm³/mol. The molecule has 1 aliphatic rings. The molecule has 35 heavy (non-hydrogen) atoms. The van der Waals surface area contributed by atoms with Gasteiger partial charge in [0, 0.05) is 10.0 Å². The first-order valence-corrected chi connectivity index (χ1v) is 12.3. The summed E-state index contributed by atoms with van der Waals surface area (Å²) in [5.41, 5.74) is 1.42. The van der Waals surface area contributed by atoms with Crippen molar-refractivity contribution in [1.29, 1.82) is 0 Å². The Labute approximate surface area is 212 Å². The number of hydrogen-bond acceptors (Lipinski definition) is 6. The number of thiazole rings is 1. The van der Waals surface area contributed by atoms with Gasteiger partial charge in [0.25, 0.3) is 5.78 Å². The van der Waals surface area contributed by atoms with Gasteiger partial charge in [0.15, 0.2) is 5.13 Å². The summed E-state index contributed by atoms with van der Waals surface area (Å²) < 4.78 is 20.6. The number of halogens is 2. The maximum atomic E-state index is 13.5. The Hall–Kier alpha value is -3.56. The Balaban J connectivity index is 1.69. The predicted octanol–water partition coefficient (Wildman–Crippen LogP) is 6.22. The number of fused-ring (bicyclic) bond motifs is 1. The van der Waals surface area contributed by atoms with Gasteiger partial charge in [-0.25, -0.2) is 9.37 Å². The van der Waals surface area contributed by atoms with Crippen LogP contribution < -0.4 is 9.64 Å². The van der Waals surface area contributed by atoms with Crippen molar-refractivity contribution in [3.8, 4) is 5.75 Å². The van der Waals surface area contributed by atoms with E-state index in [1.54, 1.807) is 36.4 Å². The van der Waals surface area contributed by atoms with Gasteiger partial charge < -0.3 is 9.84 Å². The smallest absolute Gasteiger partial charge is 0.301 e. The van der Waals surface area contributed by atoms with Gasteiger partial charge in [0.05, 0.1) is 28.4 Å². The fourth-order valence-electron chi connectivity index (χ4n) is 4.01. The number of benzene rings is 3. The van der Waals surface area contributed by atoms with Crippen molar-refractivity contribution < 1.29 is 23.8 Å². The zero-order valence-electron chi connectivity index (χ0n) is 18.4. The number of aliphatic hydroxyl groups excluding tert-OH is 1. The molecule has 1 aromatic heterocycles. The minimum absolute atomic E-state index is 0.0850. The molecule has 1 aliphatic heterocycles. The van der Waals surface area contributed by atoms with Crippen LogP contribution in [0.3, 0.4) is 0 Å². The van der Waals surface area contributed by atoms with Crippen LogP contribution in [0.2, 0.25) is 0 Å². The number of Topliss-reactive ketones (excluding diaryl/α,β-unsaturated/α-hetero) is 1. The average Bonchev–Trinajstić information content (AvgIpc) is 3.38. The topological polar surface area (TPSA) is 79.7 Å². The lowest BCUT2D eigenvalue weighted by atomic mass is 9.95. The lowest BCUT2D eigenvalue weighted by molar-refractivity contribution is -0.132. The molecule has 1 N–H and O–H groups in total. The van der Waals surface area contributed by atoms with E-state index in [9.17, 15) is 19.1 Å². The summed E-state index contributed by atoms with van der Waals surface area (Å²) in [6.45, 7) is 2.40. The fraction of sp³-hybridized carbons (Fsp3) is 0.115. The van der Waals surface area contributed by atoms with Crippen LogP contribution in [0.25, 0.3) is 16.0 Å². The van der Waals surface area contributed by atoms with Gasteiger partial charge >= 0.3 is 5.91 Å². The summed E-state index contributed by atoms with van der Waals surface area (Å²) in [4.78, 5) is 32.5. The molecule has 4 aromatic rings. The van der Waals surface area contributed by atoms with Crippen molar-refractivity contribution in [1.82, 2.24) is 4.98 Å². The third-order valence-electron chi connectivity index (χ3n) is 5.61. The molecule has 0 saturated carbocycles. The Morgan fingerprint density at radius 3 is 2.51 bits per heavy atom. The molecule has 0 unspecified atom stereocenters. The maximum absolute atomic E-state index is 13.5. The van der Waals surface area contributed by atoms with Crippen LogP contribution >= 0.6 is 27.3 Å². The third-order valence-corrected chi connectivity index (χ3v) is 7.16. The van der Waals surface area contributed by atoms with Gasteiger partial charge in [-0.2, -0.15) is 0 Å². The van der Waals surface area contributed by atoms with E-state index in [0.717, 1.165) is 9.17 Å². The Kier molecular flexibility index (Phi) is 6.12. The Bertz CT molecular complexity index is 1480. The summed E-state index contributed by atoms with van der Waals surface area (Å²) in [5.74, 6) is -1.82. The van der Waals surface area contributed by atoms with Crippen molar-refractivity contribution in [3.63, 3.8) is 0 Å². The molecule has 6 nitrogen and oxygen atoms in total. The van der Waals surface area contributed by atoms with E-state index < -0.39 is 23.5 Å². The first-order chi connectivity index (χ1) is 16.9. The minimum Gasteiger partial charge on any atom is -0.507 e. The summed E-state index contributed by atoms with van der Waals surface area (Å²) >= 11 is 4.65. The SMILES string of the molecule is CCOc1ccc2nc(N3C(=O)C(=O)/C(=C(/O)c4ccc(F)cc4)[C@H]3c3ccc(Br)cc3)sc2c1. The number of ketones is 1. The molecule has 0 aliphatic carbocycles. The first-order valence-electron chi connectivity index (χ1n) is 10.7. The second-order valence-electron chi connectivity index (χ2n) is 7.79. The number of amides is 1. The lowest BCUT2D eigenvalue weighted by Crippen LogP contribution is -2.29. The maximum Gasteiger partial charge on any atom is 0.301 e. The van der Waals surface area contributed by atoms with Crippen molar-refractivity contribution >= 4 is 60.1 Å². The van der Waals surface area contributed by atoms with Crippen LogP contribution in [-0.2, 0) is 9.59 Å². The highest BCUT2D eigenvalue weighted by Gasteiger charge is 2.48. The van der Waals surface area contributed by atoms with Gasteiger partial charge in [-0.05, 0) is 67.1 Å². The molecule has 1 fully saturated rings. The number of hydrogen-bond donors (Lipinski definition) is 1. The molecule has 9 heteroatoms. The van der Waals surface area contributed by atoms with E-state index in [4.69, 9.17) is 4.74 Å². The van der Waals surface area contributed by atoms with Crippen LogP contribution in [0.4, 0.5) is 9.52 Å². The number of aromatic nitrogens is 1. The Morgan fingerprint density at radius 1 is 1.11 bits per heavy atom.